The number of amides is 1. The Labute approximate surface area is 151 Å². The number of likely N-dealkylation sites (tertiary alicyclic amines) is 1. The number of thioether (sulfide) groups is 1. The topological polar surface area (TPSA) is 58.6 Å². The number of rotatable bonds is 3. The van der Waals surface area contributed by atoms with Crippen molar-refractivity contribution in [3.8, 4) is 5.88 Å². The fourth-order valence-electron chi connectivity index (χ4n) is 3.34. The smallest absolute Gasteiger partial charge is 0.262 e. The van der Waals surface area contributed by atoms with Crippen molar-refractivity contribution in [1.29, 1.82) is 0 Å². The van der Waals surface area contributed by atoms with Gasteiger partial charge in [0.2, 0.25) is 5.88 Å². The van der Waals surface area contributed by atoms with Crippen molar-refractivity contribution < 1.29 is 9.53 Å². The lowest BCUT2D eigenvalue weighted by atomic mass is 10.1. The first-order chi connectivity index (χ1) is 11.3. The Morgan fingerprint density at radius 2 is 2.17 bits per heavy atom. The molecule has 3 heterocycles. The summed E-state index contributed by atoms with van der Waals surface area (Å²) in [6.07, 6.45) is 4.13. The number of carbonyl (C=O) groups excluding carboxylic acids is 1. The van der Waals surface area contributed by atoms with Gasteiger partial charge in [0, 0.05) is 12.6 Å². The molecule has 0 saturated carbocycles. The van der Waals surface area contributed by atoms with Crippen LogP contribution in [0.2, 0.25) is 5.15 Å². The molecule has 2 aliphatic heterocycles. The van der Waals surface area contributed by atoms with Crippen LogP contribution >= 0.6 is 23.4 Å². The molecule has 1 amide bonds. The molecule has 0 N–H and O–H groups in total. The lowest BCUT2D eigenvalue weighted by Gasteiger charge is -2.32. The van der Waals surface area contributed by atoms with Crippen LogP contribution in [-0.4, -0.2) is 70.3 Å². The number of hydrogen-bond donors (Lipinski definition) is 0. The van der Waals surface area contributed by atoms with E-state index in [4.69, 9.17) is 16.3 Å². The zero-order valence-corrected chi connectivity index (χ0v) is 16.1. The minimum Gasteiger partial charge on any atom is -0.469 e. The summed E-state index contributed by atoms with van der Waals surface area (Å²) in [5.41, 5.74) is -0.258. The summed E-state index contributed by atoms with van der Waals surface area (Å²) < 4.78 is 6.03. The van der Waals surface area contributed by atoms with E-state index in [0.717, 1.165) is 13.0 Å². The maximum absolute atomic E-state index is 13.1. The van der Waals surface area contributed by atoms with Gasteiger partial charge in [-0.05, 0) is 46.5 Å². The van der Waals surface area contributed by atoms with Gasteiger partial charge in [-0.15, -0.1) is 0 Å². The number of ether oxygens (including phenoxy) is 1. The number of halogens is 1. The lowest BCUT2D eigenvalue weighted by molar-refractivity contribution is 0.0466. The Balaban J connectivity index is 1.97. The highest BCUT2D eigenvalue weighted by atomic mass is 35.5. The number of fused-ring (bicyclic) bond motifs is 1. The zero-order valence-electron chi connectivity index (χ0n) is 14.5. The second-order valence-electron chi connectivity index (χ2n) is 7.01. The second-order valence-corrected chi connectivity index (χ2v) is 8.14. The molecular weight excluding hydrogens is 348 g/mol. The normalized spacial score (nSPS) is 23.8. The standard InChI is InChI=1S/C16H23ClN4O2S/c1-16(2)9-21(8-10-6-5-7-20(10)3)14(22)11-12(17)18-15(24-4)19-13(11)23-16/h10H,5-9H2,1-4H3/t10-/m0/s1. The first kappa shape index (κ1) is 17.8. The number of likely N-dealkylation sites (N-methyl/N-ethyl adjacent to an activating group) is 1. The summed E-state index contributed by atoms with van der Waals surface area (Å²) in [5, 5.41) is 0.670. The van der Waals surface area contributed by atoms with Crippen LogP contribution in [0.5, 0.6) is 5.88 Å². The van der Waals surface area contributed by atoms with Crippen molar-refractivity contribution in [3.63, 3.8) is 0 Å². The molecule has 3 rings (SSSR count). The van der Waals surface area contributed by atoms with Gasteiger partial charge in [-0.25, -0.2) is 4.98 Å². The lowest BCUT2D eigenvalue weighted by Crippen LogP contribution is -2.47. The third-order valence-corrected chi connectivity index (χ3v) is 5.36. The number of aromatic nitrogens is 2. The van der Waals surface area contributed by atoms with E-state index >= 15 is 0 Å². The summed E-state index contributed by atoms with van der Waals surface area (Å²) in [7, 11) is 2.11. The third-order valence-electron chi connectivity index (χ3n) is 4.54. The van der Waals surface area contributed by atoms with E-state index in [0.29, 0.717) is 24.3 Å². The van der Waals surface area contributed by atoms with E-state index in [-0.39, 0.29) is 22.5 Å². The van der Waals surface area contributed by atoms with Crippen molar-refractivity contribution in [2.45, 2.75) is 43.5 Å². The van der Waals surface area contributed by atoms with Crippen LogP contribution in [0.15, 0.2) is 5.16 Å². The molecule has 0 aliphatic carbocycles. The molecule has 6 nitrogen and oxygen atoms in total. The predicted octanol–water partition coefficient (Wildman–Crippen LogP) is 2.56. The van der Waals surface area contributed by atoms with E-state index in [2.05, 4.69) is 21.9 Å². The van der Waals surface area contributed by atoms with Crippen molar-refractivity contribution in [3.05, 3.63) is 10.7 Å². The van der Waals surface area contributed by atoms with Crippen LogP contribution in [-0.2, 0) is 0 Å². The largest absolute Gasteiger partial charge is 0.469 e. The van der Waals surface area contributed by atoms with Gasteiger partial charge in [-0.1, -0.05) is 23.4 Å². The average Bonchev–Trinajstić information content (AvgIpc) is 2.85. The van der Waals surface area contributed by atoms with Gasteiger partial charge in [0.25, 0.3) is 5.91 Å². The zero-order chi connectivity index (χ0) is 17.5. The van der Waals surface area contributed by atoms with Gasteiger partial charge in [0.05, 0.1) is 6.54 Å². The van der Waals surface area contributed by atoms with Crippen molar-refractivity contribution in [1.82, 2.24) is 19.8 Å². The third kappa shape index (κ3) is 3.48. The first-order valence-electron chi connectivity index (χ1n) is 8.11. The first-order valence-corrected chi connectivity index (χ1v) is 9.71. The quantitative estimate of drug-likeness (QED) is 0.463. The van der Waals surface area contributed by atoms with Gasteiger partial charge < -0.3 is 14.5 Å². The Morgan fingerprint density at radius 1 is 1.42 bits per heavy atom. The molecule has 0 unspecified atom stereocenters. The van der Waals surface area contributed by atoms with Crippen LogP contribution in [0.4, 0.5) is 0 Å². The molecule has 8 heteroatoms. The molecule has 0 aromatic carbocycles. The molecule has 1 atom stereocenters. The van der Waals surface area contributed by atoms with Gasteiger partial charge in [0.15, 0.2) is 5.16 Å². The number of carbonyl (C=O) groups is 1. The Kier molecular flexibility index (Phi) is 4.95. The van der Waals surface area contributed by atoms with Gasteiger partial charge in [0.1, 0.15) is 16.3 Å². The summed E-state index contributed by atoms with van der Waals surface area (Å²) >= 11 is 7.67. The Morgan fingerprint density at radius 3 is 2.79 bits per heavy atom. The Bertz CT molecular complexity index is 655. The highest BCUT2D eigenvalue weighted by Gasteiger charge is 2.38. The van der Waals surface area contributed by atoms with Crippen molar-refractivity contribution >= 4 is 29.3 Å². The molecule has 0 radical (unpaired) electrons. The highest BCUT2D eigenvalue weighted by Crippen LogP contribution is 2.33. The van der Waals surface area contributed by atoms with E-state index in [1.54, 1.807) is 0 Å². The predicted molar refractivity (Wildman–Crippen MR) is 95.1 cm³/mol. The average molecular weight is 371 g/mol. The maximum atomic E-state index is 13.1. The maximum Gasteiger partial charge on any atom is 0.262 e. The molecule has 132 valence electrons. The molecule has 1 saturated heterocycles. The fraction of sp³-hybridized carbons (Fsp3) is 0.688. The molecule has 24 heavy (non-hydrogen) atoms. The molecular formula is C16H23ClN4O2S. The Hall–Kier alpha value is -1.05. The van der Waals surface area contributed by atoms with E-state index in [9.17, 15) is 4.79 Å². The summed E-state index contributed by atoms with van der Waals surface area (Å²) in [5.74, 6) is 0.144. The highest BCUT2D eigenvalue weighted by molar-refractivity contribution is 7.98. The van der Waals surface area contributed by atoms with Crippen LogP contribution < -0.4 is 4.74 Å². The minimum absolute atomic E-state index is 0.145. The minimum atomic E-state index is -0.536. The van der Waals surface area contributed by atoms with Crippen LogP contribution in [0, 0.1) is 0 Å². The number of nitrogens with zero attached hydrogens (tertiary/aromatic N) is 4. The van der Waals surface area contributed by atoms with Gasteiger partial charge in [-0.3, -0.25) is 4.79 Å². The van der Waals surface area contributed by atoms with Crippen molar-refractivity contribution in [2.24, 2.45) is 0 Å². The summed E-state index contributed by atoms with van der Waals surface area (Å²) in [6.45, 7) is 6.18. The fourth-order valence-corrected chi connectivity index (χ4v) is 3.98. The molecule has 2 aliphatic rings. The monoisotopic (exact) mass is 370 g/mol. The number of hydrogen-bond acceptors (Lipinski definition) is 6. The van der Waals surface area contributed by atoms with E-state index < -0.39 is 5.60 Å². The molecule has 1 aromatic rings. The molecule has 0 spiro atoms. The summed E-state index contributed by atoms with van der Waals surface area (Å²) in [4.78, 5) is 25.8. The molecule has 1 aromatic heterocycles. The van der Waals surface area contributed by atoms with Crippen molar-refractivity contribution in [2.75, 3.05) is 32.9 Å². The van der Waals surface area contributed by atoms with Crippen LogP contribution in [0.25, 0.3) is 0 Å². The van der Waals surface area contributed by atoms with E-state index in [1.165, 1.54) is 18.2 Å². The molecule has 0 bridgehead atoms. The van der Waals surface area contributed by atoms with E-state index in [1.807, 2.05) is 25.0 Å². The SMILES string of the molecule is CSc1nc(Cl)c2c(n1)OC(C)(C)CN(C[C@@H]1CCCN1C)C2=O. The molecule has 1 fully saturated rings. The van der Waals surface area contributed by atoms with Crippen LogP contribution in [0.3, 0.4) is 0 Å². The van der Waals surface area contributed by atoms with Gasteiger partial charge >= 0.3 is 0 Å². The summed E-state index contributed by atoms with van der Waals surface area (Å²) in [6, 6.07) is 0.372. The second kappa shape index (κ2) is 6.69. The van der Waals surface area contributed by atoms with Gasteiger partial charge in [-0.2, -0.15) is 4.98 Å². The van der Waals surface area contributed by atoms with Crippen LogP contribution in [0.1, 0.15) is 37.0 Å².